The van der Waals surface area contributed by atoms with E-state index in [-0.39, 0.29) is 22.9 Å². The van der Waals surface area contributed by atoms with E-state index in [1.807, 2.05) is 0 Å². The highest BCUT2D eigenvalue weighted by atomic mass is 16.5. The summed E-state index contributed by atoms with van der Waals surface area (Å²) >= 11 is 0. The van der Waals surface area contributed by atoms with Crippen molar-refractivity contribution < 1.29 is 9.53 Å². The fourth-order valence-electron chi connectivity index (χ4n) is 4.35. The van der Waals surface area contributed by atoms with Crippen LogP contribution in [0.3, 0.4) is 0 Å². The molecule has 2 aliphatic carbocycles. The average Bonchev–Trinajstić information content (AvgIpc) is 2.83. The van der Waals surface area contributed by atoms with E-state index in [2.05, 4.69) is 39.5 Å². The summed E-state index contributed by atoms with van der Waals surface area (Å²) in [6, 6.07) is 0. The maximum Gasteiger partial charge on any atom is 0.320 e. The summed E-state index contributed by atoms with van der Waals surface area (Å²) in [6.45, 7) is 13.3. The van der Waals surface area contributed by atoms with Crippen molar-refractivity contribution in [3.05, 3.63) is 0 Å². The van der Waals surface area contributed by atoms with Crippen molar-refractivity contribution >= 4 is 5.97 Å². The maximum atomic E-state index is 12.2. The van der Waals surface area contributed by atoms with Crippen LogP contribution in [0.5, 0.6) is 0 Å². The van der Waals surface area contributed by atoms with Crippen molar-refractivity contribution in [3.63, 3.8) is 0 Å². The van der Waals surface area contributed by atoms with Gasteiger partial charge in [-0.25, -0.2) is 0 Å². The molecule has 0 aliphatic heterocycles. The first kappa shape index (κ1) is 14.8. The largest absolute Gasteiger partial charge is 0.460 e. The molecule has 0 spiro atoms. The molecule has 0 aromatic rings. The van der Waals surface area contributed by atoms with Gasteiger partial charge >= 0.3 is 5.97 Å². The molecule has 0 unspecified atom stereocenters. The van der Waals surface area contributed by atoms with Gasteiger partial charge in [-0.1, -0.05) is 34.6 Å². The van der Waals surface area contributed by atoms with Gasteiger partial charge in [0.25, 0.3) is 0 Å². The molecule has 2 aliphatic rings. The maximum absolute atomic E-state index is 12.2. The van der Waals surface area contributed by atoms with Gasteiger partial charge in [0.1, 0.15) is 6.10 Å². The number of hydrogen-bond donors (Lipinski definition) is 0. The lowest BCUT2D eigenvalue weighted by Crippen LogP contribution is -2.45. The fraction of sp³-hybridized carbons (Fsp3) is 0.938. The molecule has 19 heavy (non-hydrogen) atoms. The van der Waals surface area contributed by atoms with E-state index in [0.29, 0.717) is 6.54 Å². The number of rotatable bonds is 5. The number of nitrogens with zero attached hydrogens (tertiary/aromatic N) is 1. The minimum Gasteiger partial charge on any atom is -0.460 e. The first-order valence-electron chi connectivity index (χ1n) is 7.75. The smallest absolute Gasteiger partial charge is 0.320 e. The van der Waals surface area contributed by atoms with Crippen LogP contribution in [-0.4, -0.2) is 36.6 Å². The second kappa shape index (κ2) is 5.08. The van der Waals surface area contributed by atoms with Crippen molar-refractivity contribution in [2.24, 2.45) is 16.7 Å². The Morgan fingerprint density at radius 3 is 2.37 bits per heavy atom. The molecule has 110 valence electrons. The Morgan fingerprint density at radius 2 is 1.89 bits per heavy atom. The van der Waals surface area contributed by atoms with Gasteiger partial charge in [0.2, 0.25) is 0 Å². The zero-order valence-corrected chi connectivity index (χ0v) is 13.2. The van der Waals surface area contributed by atoms with E-state index in [1.54, 1.807) is 0 Å². The molecule has 3 heteroatoms. The highest BCUT2D eigenvalue weighted by Crippen LogP contribution is 2.63. The Labute approximate surface area is 117 Å². The third kappa shape index (κ3) is 2.54. The molecular weight excluding hydrogens is 238 g/mol. The van der Waals surface area contributed by atoms with Gasteiger partial charge in [-0.15, -0.1) is 0 Å². The molecule has 3 atom stereocenters. The zero-order valence-electron chi connectivity index (χ0n) is 13.2. The summed E-state index contributed by atoms with van der Waals surface area (Å²) < 4.78 is 5.92. The van der Waals surface area contributed by atoms with Gasteiger partial charge in [0.05, 0.1) is 6.54 Å². The molecule has 0 amide bonds. The summed E-state index contributed by atoms with van der Waals surface area (Å²) in [5.41, 5.74) is 0.360. The second-order valence-electron chi connectivity index (χ2n) is 7.25. The number of fused-ring (bicyclic) bond motifs is 2. The monoisotopic (exact) mass is 267 g/mol. The van der Waals surface area contributed by atoms with Crippen LogP contribution < -0.4 is 0 Å². The molecule has 2 rings (SSSR count). The van der Waals surface area contributed by atoms with Gasteiger partial charge in [0.15, 0.2) is 0 Å². The predicted octanol–water partition coefficient (Wildman–Crippen LogP) is 3.09. The Hall–Kier alpha value is -0.570. The van der Waals surface area contributed by atoms with E-state index < -0.39 is 0 Å². The second-order valence-corrected chi connectivity index (χ2v) is 7.25. The average molecular weight is 267 g/mol. The first-order chi connectivity index (χ1) is 8.83. The normalized spacial score (nSPS) is 35.9. The van der Waals surface area contributed by atoms with Crippen LogP contribution in [0, 0.1) is 16.7 Å². The van der Waals surface area contributed by atoms with E-state index in [1.165, 1.54) is 19.3 Å². The third-order valence-corrected chi connectivity index (χ3v) is 5.63. The number of carbonyl (C=O) groups excluding carboxylic acids is 1. The topological polar surface area (TPSA) is 29.5 Å². The number of hydrogen-bond acceptors (Lipinski definition) is 3. The van der Waals surface area contributed by atoms with Crippen LogP contribution >= 0.6 is 0 Å². The highest BCUT2D eigenvalue weighted by Gasteiger charge is 2.61. The van der Waals surface area contributed by atoms with Crippen LogP contribution in [0.15, 0.2) is 0 Å². The van der Waals surface area contributed by atoms with Crippen LogP contribution in [0.1, 0.15) is 53.9 Å². The molecular formula is C16H29NO2. The van der Waals surface area contributed by atoms with Crippen LogP contribution in [-0.2, 0) is 9.53 Å². The lowest BCUT2D eigenvalue weighted by atomic mass is 9.70. The predicted molar refractivity (Wildman–Crippen MR) is 76.9 cm³/mol. The Balaban J connectivity index is 2.00. The van der Waals surface area contributed by atoms with Gasteiger partial charge in [-0.05, 0) is 38.3 Å². The summed E-state index contributed by atoms with van der Waals surface area (Å²) in [6.07, 6.45) is 3.84. The van der Waals surface area contributed by atoms with E-state index in [9.17, 15) is 4.79 Å². The van der Waals surface area contributed by atoms with E-state index in [0.717, 1.165) is 19.0 Å². The summed E-state index contributed by atoms with van der Waals surface area (Å²) in [7, 11) is 0. The van der Waals surface area contributed by atoms with Gasteiger partial charge in [0, 0.05) is 10.8 Å². The minimum atomic E-state index is -0.0458. The molecule has 0 N–H and O–H groups in total. The molecule has 0 radical (unpaired) electrons. The van der Waals surface area contributed by atoms with E-state index in [4.69, 9.17) is 4.74 Å². The molecule has 0 heterocycles. The van der Waals surface area contributed by atoms with Crippen molar-refractivity contribution in [2.45, 2.75) is 60.0 Å². The van der Waals surface area contributed by atoms with Crippen molar-refractivity contribution in [1.82, 2.24) is 4.90 Å². The minimum absolute atomic E-state index is 0.0458. The van der Waals surface area contributed by atoms with Gasteiger partial charge in [-0.2, -0.15) is 0 Å². The molecule has 2 saturated carbocycles. The SMILES string of the molecule is CCN(CC)CC(=O)O[C@@H]1C(C)(C)[C@@H]2CC[C@@]1(C)C2. The molecule has 2 bridgehead atoms. The third-order valence-electron chi connectivity index (χ3n) is 5.63. The summed E-state index contributed by atoms with van der Waals surface area (Å²) in [5, 5.41) is 0. The molecule has 0 aromatic heterocycles. The Morgan fingerprint density at radius 1 is 1.26 bits per heavy atom. The Bertz CT molecular complexity index is 344. The first-order valence-corrected chi connectivity index (χ1v) is 7.75. The standard InChI is InChI=1S/C16H29NO2/c1-6-17(7-2)11-13(18)19-14-15(3,4)12-8-9-16(14,5)10-12/h12,14H,6-11H2,1-5H3/t12-,14-,16+/m1/s1. The van der Waals surface area contributed by atoms with Crippen molar-refractivity contribution in [1.29, 1.82) is 0 Å². The fourth-order valence-corrected chi connectivity index (χ4v) is 4.35. The quantitative estimate of drug-likeness (QED) is 0.717. The van der Waals surface area contributed by atoms with Crippen LogP contribution in [0.2, 0.25) is 0 Å². The molecule has 0 saturated heterocycles. The number of ether oxygens (including phenoxy) is 1. The molecule has 3 nitrogen and oxygen atoms in total. The molecule has 2 fully saturated rings. The lowest BCUT2D eigenvalue weighted by Gasteiger charge is -2.42. The Kier molecular flexibility index (Phi) is 3.97. The van der Waals surface area contributed by atoms with Crippen LogP contribution in [0.4, 0.5) is 0 Å². The van der Waals surface area contributed by atoms with Crippen molar-refractivity contribution in [3.8, 4) is 0 Å². The van der Waals surface area contributed by atoms with Crippen molar-refractivity contribution in [2.75, 3.05) is 19.6 Å². The number of carbonyl (C=O) groups is 1. The number of esters is 1. The lowest BCUT2D eigenvalue weighted by molar-refractivity contribution is -0.165. The van der Waals surface area contributed by atoms with Gasteiger partial charge < -0.3 is 4.74 Å². The van der Waals surface area contributed by atoms with Crippen LogP contribution in [0.25, 0.3) is 0 Å². The summed E-state index contributed by atoms with van der Waals surface area (Å²) in [4.78, 5) is 14.3. The number of likely N-dealkylation sites (N-methyl/N-ethyl adjacent to an activating group) is 1. The van der Waals surface area contributed by atoms with Gasteiger partial charge in [-0.3, -0.25) is 9.69 Å². The zero-order chi connectivity index (χ0) is 14.3. The highest BCUT2D eigenvalue weighted by molar-refractivity contribution is 5.72. The molecule has 0 aromatic carbocycles. The summed E-state index contributed by atoms with van der Waals surface area (Å²) in [5.74, 6) is 0.680. The van der Waals surface area contributed by atoms with E-state index >= 15 is 0 Å².